The number of aryl methyl sites for hydroxylation is 1. The van der Waals surface area contributed by atoms with Crippen molar-refractivity contribution in [3.05, 3.63) is 76.8 Å². The maximum atomic E-state index is 13.9. The van der Waals surface area contributed by atoms with E-state index in [-0.39, 0.29) is 5.69 Å². The van der Waals surface area contributed by atoms with Crippen LogP contribution >= 0.6 is 0 Å². The number of H-pyrrole nitrogens is 1. The lowest BCUT2D eigenvalue weighted by molar-refractivity contribution is 0.0880. The molecule has 8 nitrogen and oxygen atoms in total. The van der Waals surface area contributed by atoms with E-state index in [0.29, 0.717) is 30.2 Å². The van der Waals surface area contributed by atoms with Gasteiger partial charge in [-0.25, -0.2) is 4.79 Å². The summed E-state index contributed by atoms with van der Waals surface area (Å²) in [5.74, 6) is 1.67. The minimum absolute atomic E-state index is 0.111. The molecule has 3 heterocycles. The number of hydrogen-bond donors (Lipinski definition) is 2. The van der Waals surface area contributed by atoms with Crippen molar-refractivity contribution in [2.75, 3.05) is 0 Å². The number of imidazole rings is 1. The van der Waals surface area contributed by atoms with Crippen molar-refractivity contribution < 1.29 is 0 Å². The normalized spacial score (nSPS) is 22.7. The Labute approximate surface area is 206 Å². The number of dihydropyridines is 1. The highest BCUT2D eigenvalue weighted by atomic mass is 16.1. The van der Waals surface area contributed by atoms with Gasteiger partial charge in [-0.1, -0.05) is 64.0 Å². The first-order chi connectivity index (χ1) is 17.1. The predicted octanol–water partition coefficient (Wildman–Crippen LogP) is 4.35. The molecule has 1 aromatic carbocycles. The van der Waals surface area contributed by atoms with Crippen molar-refractivity contribution in [1.82, 2.24) is 35.1 Å². The van der Waals surface area contributed by atoms with Crippen LogP contribution in [0.3, 0.4) is 0 Å². The van der Waals surface area contributed by atoms with E-state index in [9.17, 15) is 4.79 Å². The Morgan fingerprint density at radius 2 is 2.03 bits per heavy atom. The molecule has 1 aliphatic heterocycles. The van der Waals surface area contributed by atoms with Crippen LogP contribution in [-0.4, -0.2) is 29.8 Å². The summed E-state index contributed by atoms with van der Waals surface area (Å²) >= 11 is 0. The summed E-state index contributed by atoms with van der Waals surface area (Å²) in [6, 6.07) is 8.50. The second-order valence-corrected chi connectivity index (χ2v) is 10.1. The predicted molar refractivity (Wildman–Crippen MR) is 137 cm³/mol. The molecular weight excluding hydrogens is 438 g/mol. The van der Waals surface area contributed by atoms with Crippen LogP contribution in [0.15, 0.2) is 59.8 Å². The zero-order valence-electron chi connectivity index (χ0n) is 20.8. The first-order valence-electron chi connectivity index (χ1n) is 12.8. The van der Waals surface area contributed by atoms with Gasteiger partial charge in [-0.05, 0) is 60.3 Å². The molecule has 1 fully saturated rings. The van der Waals surface area contributed by atoms with Gasteiger partial charge in [0.15, 0.2) is 0 Å². The molecular formula is C27H35N7O. The Bertz CT molecular complexity index is 1250. The number of rotatable bonds is 9. The molecule has 35 heavy (non-hydrogen) atoms. The number of nitrogens with one attached hydrogen (secondary N) is 2. The van der Waals surface area contributed by atoms with Crippen LogP contribution in [0.25, 0.3) is 11.4 Å². The van der Waals surface area contributed by atoms with Crippen molar-refractivity contribution in [2.24, 2.45) is 11.8 Å². The van der Waals surface area contributed by atoms with Crippen LogP contribution in [0.1, 0.15) is 63.8 Å². The third-order valence-electron chi connectivity index (χ3n) is 7.84. The Morgan fingerprint density at radius 3 is 2.71 bits per heavy atom. The quantitative estimate of drug-likeness (QED) is 0.482. The molecule has 3 unspecified atom stereocenters. The first-order valence-corrected chi connectivity index (χ1v) is 12.8. The van der Waals surface area contributed by atoms with Crippen molar-refractivity contribution in [3.63, 3.8) is 0 Å². The molecule has 0 bridgehead atoms. The Balaban J connectivity index is 1.58. The van der Waals surface area contributed by atoms with E-state index in [1.54, 1.807) is 0 Å². The van der Waals surface area contributed by atoms with E-state index in [1.165, 1.54) is 6.42 Å². The van der Waals surface area contributed by atoms with E-state index in [1.807, 2.05) is 33.7 Å². The number of allylic oxidation sites excluding steroid dienone is 2. The number of tetrazole rings is 1. The zero-order valence-corrected chi connectivity index (χ0v) is 20.8. The van der Waals surface area contributed by atoms with Crippen LogP contribution in [0.2, 0.25) is 0 Å². The Morgan fingerprint density at radius 1 is 1.20 bits per heavy atom. The van der Waals surface area contributed by atoms with Crippen molar-refractivity contribution in [1.29, 1.82) is 0 Å². The maximum Gasteiger partial charge on any atom is 0.328 e. The summed E-state index contributed by atoms with van der Waals surface area (Å²) in [6.45, 7) is 7.25. The van der Waals surface area contributed by atoms with Crippen LogP contribution in [-0.2, 0) is 18.4 Å². The highest BCUT2D eigenvalue weighted by Gasteiger charge is 2.40. The average molecular weight is 474 g/mol. The van der Waals surface area contributed by atoms with Gasteiger partial charge in [0.05, 0.1) is 5.41 Å². The molecule has 2 N–H and O–H groups in total. The number of unbranched alkanes of at least 4 members (excludes halogenated alkanes) is 1. The number of nitrogens with zero attached hydrogens (tertiary/aromatic N) is 5. The molecule has 0 spiro atoms. The summed E-state index contributed by atoms with van der Waals surface area (Å²) in [7, 11) is 0. The minimum Gasteiger partial charge on any atom is -0.368 e. The lowest BCUT2D eigenvalue weighted by atomic mass is 9.69. The topological polar surface area (TPSA) is 93.4 Å². The summed E-state index contributed by atoms with van der Waals surface area (Å²) in [6.07, 6.45) is 15.7. The van der Waals surface area contributed by atoms with E-state index < -0.39 is 5.41 Å². The molecule has 2 aromatic heterocycles. The van der Waals surface area contributed by atoms with Gasteiger partial charge in [-0.2, -0.15) is 5.21 Å². The molecule has 0 amide bonds. The van der Waals surface area contributed by atoms with Gasteiger partial charge >= 0.3 is 5.69 Å². The van der Waals surface area contributed by atoms with E-state index in [0.717, 1.165) is 42.5 Å². The van der Waals surface area contributed by atoms with Gasteiger partial charge in [0.2, 0.25) is 5.82 Å². The summed E-state index contributed by atoms with van der Waals surface area (Å²) < 4.78 is 4.07. The second kappa shape index (κ2) is 9.68. The SMILES string of the molecule is CCCCc1cn(C2C(C)CC2CC)c(=O)n1CC1(c2cccc(-c3nn[nH]n3)c2)C=CNC=C1. The van der Waals surface area contributed by atoms with Crippen LogP contribution in [0.4, 0.5) is 0 Å². The Hall–Kier alpha value is -3.42. The molecule has 184 valence electrons. The maximum absolute atomic E-state index is 13.9. The summed E-state index contributed by atoms with van der Waals surface area (Å²) in [4.78, 5) is 13.9. The van der Waals surface area contributed by atoms with Crippen molar-refractivity contribution in [2.45, 2.75) is 70.9 Å². The second-order valence-electron chi connectivity index (χ2n) is 10.1. The number of hydrogen-bond acceptors (Lipinski definition) is 5. The standard InChI is InChI=1S/C27H35N7O/c1-4-6-10-23-17-33(24-19(3)15-20(24)5-2)26(35)34(23)18-27(11-13-28-14-12-27)22-9-7-8-21(16-22)25-29-31-32-30-25/h7-9,11-14,16-17,19-20,24,28H,4-6,10,15,18H2,1-3H3,(H,29,30,31,32). The van der Waals surface area contributed by atoms with Gasteiger partial charge in [-0.15, -0.1) is 10.2 Å². The monoisotopic (exact) mass is 473 g/mol. The zero-order chi connectivity index (χ0) is 24.4. The third-order valence-corrected chi connectivity index (χ3v) is 7.84. The molecule has 0 saturated heterocycles. The minimum atomic E-state index is -0.475. The van der Waals surface area contributed by atoms with Crippen LogP contribution < -0.4 is 11.0 Å². The number of aromatic amines is 1. The Kier molecular flexibility index (Phi) is 6.45. The van der Waals surface area contributed by atoms with Crippen molar-refractivity contribution >= 4 is 0 Å². The molecule has 0 radical (unpaired) electrons. The van der Waals surface area contributed by atoms with Gasteiger partial charge in [-0.3, -0.25) is 9.13 Å². The van der Waals surface area contributed by atoms with E-state index in [2.05, 4.69) is 77.2 Å². The average Bonchev–Trinajstić information content (AvgIpc) is 3.52. The van der Waals surface area contributed by atoms with Crippen LogP contribution in [0.5, 0.6) is 0 Å². The smallest absolute Gasteiger partial charge is 0.328 e. The fraction of sp³-hybridized carbons (Fsp3) is 0.481. The highest BCUT2D eigenvalue weighted by Crippen LogP contribution is 2.45. The molecule has 2 aliphatic rings. The third kappa shape index (κ3) is 4.26. The molecule has 1 aliphatic carbocycles. The van der Waals surface area contributed by atoms with E-state index in [4.69, 9.17) is 0 Å². The molecule has 3 aromatic rings. The van der Waals surface area contributed by atoms with Crippen LogP contribution in [0, 0.1) is 11.8 Å². The lowest BCUT2D eigenvalue weighted by Crippen LogP contribution is -2.43. The van der Waals surface area contributed by atoms with Gasteiger partial charge in [0.1, 0.15) is 0 Å². The van der Waals surface area contributed by atoms with Gasteiger partial charge in [0, 0.05) is 30.0 Å². The number of benzene rings is 1. The fourth-order valence-electron chi connectivity index (χ4n) is 5.81. The van der Waals surface area contributed by atoms with E-state index >= 15 is 0 Å². The molecule has 8 heteroatoms. The summed E-state index contributed by atoms with van der Waals surface area (Å²) in [5, 5.41) is 17.7. The largest absolute Gasteiger partial charge is 0.368 e. The van der Waals surface area contributed by atoms with Gasteiger partial charge in [0.25, 0.3) is 0 Å². The highest BCUT2D eigenvalue weighted by molar-refractivity contribution is 5.57. The van der Waals surface area contributed by atoms with Gasteiger partial charge < -0.3 is 5.32 Å². The summed E-state index contributed by atoms with van der Waals surface area (Å²) in [5.41, 5.74) is 2.73. The molecule has 3 atom stereocenters. The fourth-order valence-corrected chi connectivity index (χ4v) is 5.81. The first kappa shape index (κ1) is 23.3. The molecule has 5 rings (SSSR count). The lowest BCUT2D eigenvalue weighted by Gasteiger charge is -2.43. The molecule has 1 saturated carbocycles. The number of aromatic nitrogens is 6. The van der Waals surface area contributed by atoms with Crippen molar-refractivity contribution in [3.8, 4) is 11.4 Å².